The van der Waals surface area contributed by atoms with E-state index in [-0.39, 0.29) is 11.6 Å². The molecule has 5 heteroatoms. The van der Waals surface area contributed by atoms with Crippen molar-refractivity contribution in [3.63, 3.8) is 0 Å². The van der Waals surface area contributed by atoms with Crippen molar-refractivity contribution in [3.8, 4) is 0 Å². The molecule has 1 saturated heterocycles. The average molecular weight is 405 g/mol. The zero-order valence-electron chi connectivity index (χ0n) is 17.9. The summed E-state index contributed by atoms with van der Waals surface area (Å²) < 4.78 is 0. The molecule has 0 bridgehead atoms. The molecule has 0 radical (unpaired) electrons. The smallest absolute Gasteiger partial charge is 0.270 e. The Balaban J connectivity index is 1.53. The van der Waals surface area contributed by atoms with Gasteiger partial charge in [0.1, 0.15) is 5.69 Å². The van der Waals surface area contributed by atoms with Crippen LogP contribution < -0.4 is 10.9 Å². The Bertz CT molecular complexity index is 1010. The van der Waals surface area contributed by atoms with Crippen LogP contribution in [0.5, 0.6) is 0 Å². The lowest BCUT2D eigenvalue weighted by Crippen LogP contribution is -2.33. The lowest BCUT2D eigenvalue weighted by molar-refractivity contribution is 0.225. The summed E-state index contributed by atoms with van der Waals surface area (Å²) in [6.07, 6.45) is 5.83. The first-order chi connectivity index (χ1) is 14.7. The molecule has 2 N–H and O–H groups in total. The standard InChI is InChI=1S/C25H32N4O/c1-2-21-25(30)28-22-13-12-20(18-23(22)27-21)24(19-10-5-3-6-11-19)26-14-9-17-29-15-7-4-8-16-29/h3,5-6,10-13,18,24,26H,2,4,7-9,14-17H2,1H3,(H,28,30). The summed E-state index contributed by atoms with van der Waals surface area (Å²) in [4.78, 5) is 22.2. The number of aromatic amines is 1. The second-order valence-electron chi connectivity index (χ2n) is 8.20. The maximum Gasteiger partial charge on any atom is 0.270 e. The molecule has 0 saturated carbocycles. The summed E-state index contributed by atoms with van der Waals surface area (Å²) in [7, 11) is 0. The first kappa shape index (κ1) is 20.8. The highest BCUT2D eigenvalue weighted by molar-refractivity contribution is 5.75. The lowest BCUT2D eigenvalue weighted by atomic mass is 9.98. The number of fused-ring (bicyclic) bond motifs is 1. The van der Waals surface area contributed by atoms with Gasteiger partial charge in [0.15, 0.2) is 0 Å². The van der Waals surface area contributed by atoms with Gasteiger partial charge in [0.25, 0.3) is 5.56 Å². The molecule has 4 rings (SSSR count). The molecule has 158 valence electrons. The van der Waals surface area contributed by atoms with Gasteiger partial charge in [0, 0.05) is 0 Å². The molecule has 0 spiro atoms. The predicted octanol–water partition coefficient (Wildman–Crippen LogP) is 4.04. The number of rotatable bonds is 8. The van der Waals surface area contributed by atoms with Crippen LogP contribution in [0.1, 0.15) is 55.5 Å². The third-order valence-electron chi connectivity index (χ3n) is 6.04. The second kappa shape index (κ2) is 10.0. The van der Waals surface area contributed by atoms with Crippen molar-refractivity contribution in [3.05, 3.63) is 75.7 Å². The average Bonchev–Trinajstić information content (AvgIpc) is 2.80. The molecule has 1 atom stereocenters. The first-order valence-corrected chi connectivity index (χ1v) is 11.3. The minimum atomic E-state index is -0.0896. The summed E-state index contributed by atoms with van der Waals surface area (Å²) in [6.45, 7) is 6.58. The number of hydrogen-bond donors (Lipinski definition) is 2. The van der Waals surface area contributed by atoms with Crippen LogP contribution in [0, 0.1) is 0 Å². The number of nitrogens with zero attached hydrogens (tertiary/aromatic N) is 2. The molecule has 2 aromatic carbocycles. The van der Waals surface area contributed by atoms with Gasteiger partial charge in [0.05, 0.1) is 17.1 Å². The number of H-pyrrole nitrogens is 1. The van der Waals surface area contributed by atoms with E-state index in [0.717, 1.165) is 30.5 Å². The molecular formula is C25H32N4O. The fraction of sp³-hybridized carbons (Fsp3) is 0.440. The van der Waals surface area contributed by atoms with E-state index in [9.17, 15) is 4.79 Å². The maximum atomic E-state index is 12.1. The number of aryl methyl sites for hydroxylation is 1. The minimum absolute atomic E-state index is 0.0896. The molecule has 1 unspecified atom stereocenters. The Labute approximate surface area is 178 Å². The third-order valence-corrected chi connectivity index (χ3v) is 6.04. The summed E-state index contributed by atoms with van der Waals surface area (Å²) in [6, 6.07) is 16.9. The molecule has 3 aromatic rings. The van der Waals surface area contributed by atoms with Crippen LogP contribution >= 0.6 is 0 Å². The summed E-state index contributed by atoms with van der Waals surface area (Å²) in [5.41, 5.74) is 4.56. The van der Waals surface area contributed by atoms with Gasteiger partial charge in [-0.15, -0.1) is 0 Å². The van der Waals surface area contributed by atoms with Crippen molar-refractivity contribution in [2.75, 3.05) is 26.2 Å². The van der Waals surface area contributed by atoms with E-state index in [1.54, 1.807) is 0 Å². The fourth-order valence-electron chi connectivity index (χ4n) is 4.36. The monoisotopic (exact) mass is 404 g/mol. The predicted molar refractivity (Wildman–Crippen MR) is 123 cm³/mol. The van der Waals surface area contributed by atoms with E-state index in [4.69, 9.17) is 0 Å². The zero-order chi connectivity index (χ0) is 20.8. The number of benzene rings is 2. The molecule has 1 aliphatic rings. The van der Waals surface area contributed by atoms with E-state index >= 15 is 0 Å². The highest BCUT2D eigenvalue weighted by atomic mass is 16.1. The minimum Gasteiger partial charge on any atom is -0.319 e. The van der Waals surface area contributed by atoms with Gasteiger partial charge in [-0.25, -0.2) is 4.98 Å². The topological polar surface area (TPSA) is 61.0 Å². The van der Waals surface area contributed by atoms with Crippen molar-refractivity contribution in [1.29, 1.82) is 0 Å². The molecule has 0 aliphatic carbocycles. The van der Waals surface area contributed by atoms with Gasteiger partial charge in [0.2, 0.25) is 0 Å². The highest BCUT2D eigenvalue weighted by Crippen LogP contribution is 2.24. The Hall–Kier alpha value is -2.50. The molecule has 1 fully saturated rings. The van der Waals surface area contributed by atoms with Crippen LogP contribution in [-0.2, 0) is 6.42 Å². The van der Waals surface area contributed by atoms with Crippen LogP contribution in [0.2, 0.25) is 0 Å². The SMILES string of the molecule is CCc1nc2cc(C(NCCCN3CCCCC3)c3ccccc3)ccc2[nH]c1=O. The fourth-order valence-corrected chi connectivity index (χ4v) is 4.36. The summed E-state index contributed by atoms with van der Waals surface area (Å²) in [5, 5.41) is 3.77. The van der Waals surface area contributed by atoms with Crippen molar-refractivity contribution >= 4 is 11.0 Å². The van der Waals surface area contributed by atoms with Crippen molar-refractivity contribution in [2.24, 2.45) is 0 Å². The highest BCUT2D eigenvalue weighted by Gasteiger charge is 2.15. The largest absolute Gasteiger partial charge is 0.319 e. The molecular weight excluding hydrogens is 372 g/mol. The van der Waals surface area contributed by atoms with Crippen LogP contribution in [0.3, 0.4) is 0 Å². The second-order valence-corrected chi connectivity index (χ2v) is 8.20. The number of likely N-dealkylation sites (tertiary alicyclic amines) is 1. The first-order valence-electron chi connectivity index (χ1n) is 11.3. The van der Waals surface area contributed by atoms with Crippen LogP contribution in [-0.4, -0.2) is 41.0 Å². The normalized spacial score (nSPS) is 16.0. The molecule has 30 heavy (non-hydrogen) atoms. The maximum absolute atomic E-state index is 12.1. The summed E-state index contributed by atoms with van der Waals surface area (Å²) in [5.74, 6) is 0. The van der Waals surface area contributed by atoms with E-state index in [2.05, 4.69) is 62.6 Å². The van der Waals surface area contributed by atoms with Crippen LogP contribution in [0.4, 0.5) is 0 Å². The van der Waals surface area contributed by atoms with Crippen LogP contribution in [0.15, 0.2) is 53.3 Å². The van der Waals surface area contributed by atoms with Gasteiger partial charge in [-0.2, -0.15) is 0 Å². The van der Waals surface area contributed by atoms with Crippen molar-refractivity contribution in [1.82, 2.24) is 20.2 Å². The molecule has 5 nitrogen and oxygen atoms in total. The van der Waals surface area contributed by atoms with Gasteiger partial charge >= 0.3 is 0 Å². The van der Waals surface area contributed by atoms with Crippen LogP contribution in [0.25, 0.3) is 11.0 Å². The number of hydrogen-bond acceptors (Lipinski definition) is 4. The molecule has 0 amide bonds. The van der Waals surface area contributed by atoms with E-state index in [0.29, 0.717) is 12.1 Å². The van der Waals surface area contributed by atoms with E-state index < -0.39 is 0 Å². The number of nitrogens with one attached hydrogen (secondary N) is 2. The number of piperidine rings is 1. The van der Waals surface area contributed by atoms with Gasteiger partial charge in [-0.1, -0.05) is 49.7 Å². The number of aromatic nitrogens is 2. The zero-order valence-corrected chi connectivity index (χ0v) is 17.9. The molecule has 2 heterocycles. The van der Waals surface area contributed by atoms with Gasteiger partial charge < -0.3 is 15.2 Å². The van der Waals surface area contributed by atoms with Crippen molar-refractivity contribution < 1.29 is 0 Å². The van der Waals surface area contributed by atoms with Gasteiger partial charge in [-0.3, -0.25) is 4.79 Å². The third kappa shape index (κ3) is 4.97. The van der Waals surface area contributed by atoms with E-state index in [1.165, 1.54) is 43.5 Å². The Morgan fingerprint density at radius 2 is 1.87 bits per heavy atom. The summed E-state index contributed by atoms with van der Waals surface area (Å²) >= 11 is 0. The quantitative estimate of drug-likeness (QED) is 0.556. The molecule has 1 aliphatic heterocycles. The lowest BCUT2D eigenvalue weighted by Gasteiger charge is -2.27. The Morgan fingerprint density at radius 1 is 1.07 bits per heavy atom. The van der Waals surface area contributed by atoms with Crippen molar-refractivity contribution in [2.45, 2.75) is 45.1 Å². The Morgan fingerprint density at radius 3 is 2.63 bits per heavy atom. The van der Waals surface area contributed by atoms with E-state index in [1.807, 2.05) is 13.0 Å². The Kier molecular flexibility index (Phi) is 6.92. The van der Waals surface area contributed by atoms with Gasteiger partial charge in [-0.05, 0) is 75.1 Å². The molecule has 1 aromatic heterocycles.